The molecule has 0 atom stereocenters. The van der Waals surface area contributed by atoms with Gasteiger partial charge in [-0.15, -0.1) is 0 Å². The maximum atomic E-state index is 12.2. The first-order chi connectivity index (χ1) is 9.99. The molecule has 2 rings (SSSR count). The lowest BCUT2D eigenvalue weighted by Gasteiger charge is -2.26. The molecule has 0 aliphatic heterocycles. The summed E-state index contributed by atoms with van der Waals surface area (Å²) in [6, 6.07) is 8.30. The lowest BCUT2D eigenvalue weighted by atomic mass is 9.84. The van der Waals surface area contributed by atoms with E-state index in [4.69, 9.17) is 0 Å². The summed E-state index contributed by atoms with van der Waals surface area (Å²) in [4.78, 5) is 15.5. The largest absolute Gasteiger partial charge is 0.361 e. The van der Waals surface area contributed by atoms with Crippen LogP contribution in [0.2, 0.25) is 0 Å². The minimum absolute atomic E-state index is 0.0959. The van der Waals surface area contributed by atoms with Gasteiger partial charge in [0.1, 0.15) is 0 Å². The van der Waals surface area contributed by atoms with Gasteiger partial charge in [-0.3, -0.25) is 4.79 Å². The van der Waals surface area contributed by atoms with Crippen molar-refractivity contribution >= 4 is 16.8 Å². The molecule has 0 saturated carbocycles. The third kappa shape index (κ3) is 3.29. The van der Waals surface area contributed by atoms with Gasteiger partial charge in [-0.2, -0.15) is 0 Å². The van der Waals surface area contributed by atoms with Gasteiger partial charge in [0, 0.05) is 35.0 Å². The van der Waals surface area contributed by atoms with E-state index >= 15 is 0 Å². The molecule has 2 aromatic rings. The summed E-state index contributed by atoms with van der Waals surface area (Å²) in [5, 5.41) is 4.36. The van der Waals surface area contributed by atoms with Crippen LogP contribution in [0, 0.1) is 5.92 Å². The SMILES string of the molecule is CCC(CC)C(=O)NCC(C)(C)c1c[nH]c2ccccc12. The fraction of sp³-hybridized carbons (Fsp3) is 0.500. The zero-order chi connectivity index (χ0) is 15.5. The summed E-state index contributed by atoms with van der Waals surface area (Å²) in [5.74, 6) is 0.302. The maximum Gasteiger partial charge on any atom is 0.223 e. The van der Waals surface area contributed by atoms with Crippen molar-refractivity contribution in [3.8, 4) is 0 Å². The number of rotatable bonds is 6. The van der Waals surface area contributed by atoms with Crippen LogP contribution in [-0.4, -0.2) is 17.4 Å². The molecule has 3 heteroatoms. The quantitative estimate of drug-likeness (QED) is 0.828. The Morgan fingerprint density at radius 3 is 2.57 bits per heavy atom. The predicted molar refractivity (Wildman–Crippen MR) is 88.4 cm³/mol. The zero-order valence-corrected chi connectivity index (χ0v) is 13.5. The van der Waals surface area contributed by atoms with Crippen LogP contribution in [0.3, 0.4) is 0 Å². The van der Waals surface area contributed by atoms with Crippen LogP contribution in [0.25, 0.3) is 10.9 Å². The van der Waals surface area contributed by atoms with Gasteiger partial charge in [0.05, 0.1) is 0 Å². The van der Waals surface area contributed by atoms with Crippen LogP contribution in [0.5, 0.6) is 0 Å². The molecule has 0 spiro atoms. The zero-order valence-electron chi connectivity index (χ0n) is 13.5. The first-order valence-corrected chi connectivity index (χ1v) is 7.84. The Kier molecular flexibility index (Phi) is 4.71. The molecule has 2 N–H and O–H groups in total. The summed E-state index contributed by atoms with van der Waals surface area (Å²) >= 11 is 0. The number of aromatic nitrogens is 1. The van der Waals surface area contributed by atoms with Crippen molar-refractivity contribution in [3.05, 3.63) is 36.0 Å². The Balaban J connectivity index is 2.13. The highest BCUT2D eigenvalue weighted by Crippen LogP contribution is 2.29. The second kappa shape index (κ2) is 6.33. The second-order valence-electron chi connectivity index (χ2n) is 6.36. The number of carbonyl (C=O) groups excluding carboxylic acids is 1. The highest BCUT2D eigenvalue weighted by atomic mass is 16.1. The van der Waals surface area contributed by atoms with Crippen molar-refractivity contribution in [2.45, 2.75) is 46.0 Å². The van der Waals surface area contributed by atoms with Crippen molar-refractivity contribution in [1.82, 2.24) is 10.3 Å². The van der Waals surface area contributed by atoms with Crippen molar-refractivity contribution in [2.24, 2.45) is 5.92 Å². The third-order valence-corrected chi connectivity index (χ3v) is 4.38. The van der Waals surface area contributed by atoms with Gasteiger partial charge in [-0.25, -0.2) is 0 Å². The molecule has 1 aromatic heterocycles. The monoisotopic (exact) mass is 286 g/mol. The van der Waals surface area contributed by atoms with Gasteiger partial charge >= 0.3 is 0 Å². The average molecular weight is 286 g/mol. The van der Waals surface area contributed by atoms with Crippen LogP contribution < -0.4 is 5.32 Å². The van der Waals surface area contributed by atoms with E-state index in [2.05, 4.69) is 62.4 Å². The van der Waals surface area contributed by atoms with E-state index in [-0.39, 0.29) is 17.2 Å². The topological polar surface area (TPSA) is 44.9 Å². The summed E-state index contributed by atoms with van der Waals surface area (Å²) < 4.78 is 0. The Labute approximate surface area is 127 Å². The van der Waals surface area contributed by atoms with Gasteiger partial charge in [0.15, 0.2) is 0 Å². The molecule has 1 aromatic carbocycles. The van der Waals surface area contributed by atoms with Gasteiger partial charge in [-0.05, 0) is 24.5 Å². The molecule has 0 radical (unpaired) electrons. The normalized spacial score (nSPS) is 12.0. The van der Waals surface area contributed by atoms with Crippen LogP contribution in [0.1, 0.15) is 46.1 Å². The van der Waals surface area contributed by atoms with Gasteiger partial charge in [0.25, 0.3) is 0 Å². The summed E-state index contributed by atoms with van der Waals surface area (Å²) in [5.41, 5.74) is 2.30. The predicted octanol–water partition coefficient (Wildman–Crippen LogP) is 4.00. The van der Waals surface area contributed by atoms with E-state index in [1.807, 2.05) is 6.07 Å². The standard InChI is InChI=1S/C18H26N2O/c1-5-13(6-2)17(21)20-12-18(3,4)15-11-19-16-10-8-7-9-14(15)16/h7-11,13,19H,5-6,12H2,1-4H3,(H,20,21). The molecule has 21 heavy (non-hydrogen) atoms. The molecule has 0 bridgehead atoms. The van der Waals surface area contributed by atoms with Crippen molar-refractivity contribution < 1.29 is 4.79 Å². The minimum atomic E-state index is -0.0959. The number of aromatic amines is 1. The number of carbonyl (C=O) groups is 1. The minimum Gasteiger partial charge on any atom is -0.361 e. The number of nitrogens with one attached hydrogen (secondary N) is 2. The van der Waals surface area contributed by atoms with Crippen LogP contribution in [0.15, 0.2) is 30.5 Å². The van der Waals surface area contributed by atoms with E-state index in [0.717, 1.165) is 18.4 Å². The fourth-order valence-corrected chi connectivity index (χ4v) is 2.84. The van der Waals surface area contributed by atoms with Crippen molar-refractivity contribution in [1.29, 1.82) is 0 Å². The molecular weight excluding hydrogens is 260 g/mol. The van der Waals surface area contributed by atoms with E-state index in [0.29, 0.717) is 6.54 Å². The van der Waals surface area contributed by atoms with Crippen molar-refractivity contribution in [3.63, 3.8) is 0 Å². The number of hydrogen-bond donors (Lipinski definition) is 2. The summed E-state index contributed by atoms with van der Waals surface area (Å²) in [6.07, 6.45) is 3.86. The smallest absolute Gasteiger partial charge is 0.223 e. The number of amides is 1. The summed E-state index contributed by atoms with van der Waals surface area (Å²) in [6.45, 7) is 9.15. The third-order valence-electron chi connectivity index (χ3n) is 4.38. The lowest BCUT2D eigenvalue weighted by molar-refractivity contribution is -0.125. The molecule has 1 heterocycles. The Bertz CT molecular complexity index is 608. The molecule has 3 nitrogen and oxygen atoms in total. The maximum absolute atomic E-state index is 12.2. The van der Waals surface area contributed by atoms with Crippen LogP contribution >= 0.6 is 0 Å². The Morgan fingerprint density at radius 1 is 1.24 bits per heavy atom. The fourth-order valence-electron chi connectivity index (χ4n) is 2.84. The molecule has 0 unspecified atom stereocenters. The molecule has 1 amide bonds. The van der Waals surface area contributed by atoms with E-state index in [9.17, 15) is 4.79 Å². The molecular formula is C18H26N2O. The second-order valence-corrected chi connectivity index (χ2v) is 6.36. The Morgan fingerprint density at radius 2 is 1.90 bits per heavy atom. The first kappa shape index (κ1) is 15.6. The number of H-pyrrole nitrogens is 1. The summed E-state index contributed by atoms with van der Waals surface area (Å²) in [7, 11) is 0. The highest BCUT2D eigenvalue weighted by Gasteiger charge is 2.25. The molecule has 0 aliphatic rings. The van der Waals surface area contributed by atoms with Crippen molar-refractivity contribution in [2.75, 3.05) is 6.54 Å². The number of hydrogen-bond acceptors (Lipinski definition) is 1. The van der Waals surface area contributed by atoms with Gasteiger partial charge in [-0.1, -0.05) is 45.9 Å². The lowest BCUT2D eigenvalue weighted by Crippen LogP contribution is -2.39. The van der Waals surface area contributed by atoms with Gasteiger partial charge < -0.3 is 10.3 Å². The Hall–Kier alpha value is -1.77. The first-order valence-electron chi connectivity index (χ1n) is 7.84. The van der Waals surface area contributed by atoms with E-state index in [1.165, 1.54) is 10.9 Å². The van der Waals surface area contributed by atoms with E-state index < -0.39 is 0 Å². The number of benzene rings is 1. The van der Waals surface area contributed by atoms with Crippen LogP contribution in [0.4, 0.5) is 0 Å². The van der Waals surface area contributed by atoms with E-state index in [1.54, 1.807) is 0 Å². The average Bonchev–Trinajstić information content (AvgIpc) is 2.91. The van der Waals surface area contributed by atoms with Crippen LogP contribution in [-0.2, 0) is 10.2 Å². The number of para-hydroxylation sites is 1. The molecule has 0 fully saturated rings. The molecule has 0 saturated heterocycles. The number of fused-ring (bicyclic) bond motifs is 1. The van der Waals surface area contributed by atoms with Gasteiger partial charge in [0.2, 0.25) is 5.91 Å². The highest BCUT2D eigenvalue weighted by molar-refractivity contribution is 5.84. The molecule has 0 aliphatic carbocycles. The molecule has 114 valence electrons.